The van der Waals surface area contributed by atoms with E-state index in [4.69, 9.17) is 9.47 Å². The Hall–Kier alpha value is -4.79. The molecule has 1 saturated heterocycles. The summed E-state index contributed by atoms with van der Waals surface area (Å²) in [6.07, 6.45) is -6.13. The smallest absolute Gasteiger partial charge is 0.417 e. The molecular formula is C37H39F4N5O5S. The first-order valence-corrected chi connectivity index (χ1v) is 17.8. The van der Waals surface area contributed by atoms with Crippen LogP contribution >= 0.6 is 11.8 Å². The summed E-state index contributed by atoms with van der Waals surface area (Å²) in [7, 11) is 0. The highest BCUT2D eigenvalue weighted by molar-refractivity contribution is 7.99. The third-order valence-corrected chi connectivity index (χ3v) is 10.1. The van der Waals surface area contributed by atoms with E-state index in [9.17, 15) is 18.8 Å². The highest BCUT2D eigenvalue weighted by atomic mass is 32.2. The zero-order chi connectivity index (χ0) is 37.5. The number of hydrogen-bond donors (Lipinski definition) is 1. The van der Waals surface area contributed by atoms with E-state index in [-0.39, 0.29) is 64.7 Å². The number of nitrogens with one attached hydrogen (secondary N) is 1. The van der Waals surface area contributed by atoms with Gasteiger partial charge in [0.2, 0.25) is 0 Å². The molecule has 0 unspecified atom stereocenters. The van der Waals surface area contributed by atoms with Gasteiger partial charge in [-0.1, -0.05) is 42.5 Å². The van der Waals surface area contributed by atoms with Gasteiger partial charge in [-0.25, -0.2) is 18.8 Å². The van der Waals surface area contributed by atoms with E-state index in [2.05, 4.69) is 10.3 Å². The van der Waals surface area contributed by atoms with Crippen LogP contribution in [0.15, 0.2) is 70.4 Å². The van der Waals surface area contributed by atoms with Crippen molar-refractivity contribution < 1.29 is 36.6 Å². The number of nitrogens with zero attached hydrogens (tertiary/aromatic N) is 4. The maximum Gasteiger partial charge on any atom is 0.417 e. The van der Waals surface area contributed by atoms with E-state index in [1.54, 1.807) is 68.7 Å². The first kappa shape index (κ1) is 37.0. The van der Waals surface area contributed by atoms with Gasteiger partial charge in [0.05, 0.1) is 29.2 Å². The molecule has 2 amide bonds. The molecule has 2 aliphatic rings. The molecule has 3 atom stereocenters. The lowest BCUT2D eigenvalue weighted by Gasteiger charge is -2.45. The SMILES string of the molecule is C[C@@H]1CN(c2nc(=O)n3c4c(c(-c5ccc(F)cc5)c(C(F)(F)F)cc24)SC[C@@H](NC(=O)OCc2ccccc2)C3)C[C@H](C)N1C(=O)OC(C)(C)C. The minimum Gasteiger partial charge on any atom is -0.445 e. The number of hydrogen-bond acceptors (Lipinski definition) is 8. The molecule has 1 aromatic heterocycles. The number of thioether (sulfide) groups is 1. The topological polar surface area (TPSA) is 106 Å². The Morgan fingerprint density at radius 3 is 2.25 bits per heavy atom. The summed E-state index contributed by atoms with van der Waals surface area (Å²) in [5, 5.41) is 2.85. The molecule has 15 heteroatoms. The fourth-order valence-corrected chi connectivity index (χ4v) is 8.00. The van der Waals surface area contributed by atoms with Crippen LogP contribution in [-0.4, -0.2) is 69.2 Å². The number of anilines is 1. The number of aromatic nitrogens is 2. The van der Waals surface area contributed by atoms with Crippen LogP contribution < -0.4 is 15.9 Å². The predicted molar refractivity (Wildman–Crippen MR) is 190 cm³/mol. The molecule has 4 aromatic rings. The largest absolute Gasteiger partial charge is 0.445 e. The van der Waals surface area contributed by atoms with Gasteiger partial charge in [0.15, 0.2) is 0 Å². The molecule has 0 radical (unpaired) electrons. The van der Waals surface area contributed by atoms with Crippen molar-refractivity contribution in [1.82, 2.24) is 19.8 Å². The van der Waals surface area contributed by atoms with Gasteiger partial charge in [-0.3, -0.25) is 9.47 Å². The summed E-state index contributed by atoms with van der Waals surface area (Å²) in [6, 6.07) is 13.1. The molecular weight excluding hydrogens is 702 g/mol. The van der Waals surface area contributed by atoms with Gasteiger partial charge in [0, 0.05) is 41.2 Å². The first-order chi connectivity index (χ1) is 24.5. The lowest BCUT2D eigenvalue weighted by atomic mass is 9.96. The molecule has 6 rings (SSSR count). The second kappa shape index (κ2) is 14.3. The Morgan fingerprint density at radius 1 is 0.981 bits per heavy atom. The van der Waals surface area contributed by atoms with Crippen molar-refractivity contribution in [2.45, 2.75) is 82.6 Å². The van der Waals surface area contributed by atoms with Crippen LogP contribution in [0.2, 0.25) is 0 Å². The Morgan fingerprint density at radius 2 is 1.63 bits per heavy atom. The van der Waals surface area contributed by atoms with E-state index in [0.717, 1.165) is 35.5 Å². The van der Waals surface area contributed by atoms with E-state index in [1.807, 2.05) is 6.07 Å². The normalized spacial score (nSPS) is 19.3. The van der Waals surface area contributed by atoms with Gasteiger partial charge in [0.25, 0.3) is 0 Å². The quantitative estimate of drug-likeness (QED) is 0.210. The van der Waals surface area contributed by atoms with Crippen molar-refractivity contribution in [1.29, 1.82) is 0 Å². The van der Waals surface area contributed by atoms with Crippen LogP contribution in [0.1, 0.15) is 45.7 Å². The zero-order valence-corrected chi connectivity index (χ0v) is 30.1. The molecule has 1 N–H and O–H groups in total. The molecule has 2 aliphatic heterocycles. The molecule has 3 heterocycles. The standard InChI is InChI=1S/C37H39F4N5O5S/c1-21-16-44(17-22(2)46(21)35(49)51-36(3,4)5)32-27-15-28(37(39,40)41)29(24-11-13-25(38)14-12-24)31-30(27)45(33(47)43-32)18-26(20-52-31)42-34(48)50-19-23-9-7-6-8-10-23/h6-15,21-22,26H,16-20H2,1-5H3,(H,42,48)/t21-,22+,26-/m0/s1. The van der Waals surface area contributed by atoms with Crippen molar-refractivity contribution in [3.63, 3.8) is 0 Å². The summed E-state index contributed by atoms with van der Waals surface area (Å²) in [5.74, 6) is -0.484. The molecule has 10 nitrogen and oxygen atoms in total. The minimum absolute atomic E-state index is 0.00506. The number of amides is 2. The maximum atomic E-state index is 15.1. The van der Waals surface area contributed by atoms with Crippen molar-refractivity contribution in [2.24, 2.45) is 0 Å². The lowest BCUT2D eigenvalue weighted by Crippen LogP contribution is -2.59. The molecule has 1 fully saturated rings. The van der Waals surface area contributed by atoms with Crippen LogP contribution in [0, 0.1) is 5.82 Å². The van der Waals surface area contributed by atoms with Gasteiger partial charge < -0.3 is 19.7 Å². The molecule has 3 aromatic carbocycles. The van der Waals surface area contributed by atoms with Gasteiger partial charge in [-0.05, 0) is 63.9 Å². The number of halogens is 4. The van der Waals surface area contributed by atoms with Crippen molar-refractivity contribution in [3.05, 3.63) is 88.1 Å². The van der Waals surface area contributed by atoms with E-state index < -0.39 is 59.2 Å². The Balaban J connectivity index is 1.45. The molecule has 276 valence electrons. The third kappa shape index (κ3) is 7.83. The van der Waals surface area contributed by atoms with E-state index in [1.165, 1.54) is 16.7 Å². The average molecular weight is 742 g/mol. The number of rotatable bonds is 5. The lowest BCUT2D eigenvalue weighted by molar-refractivity contribution is -0.137. The van der Waals surface area contributed by atoms with E-state index in [0.29, 0.717) is 0 Å². The fourth-order valence-electron chi connectivity index (χ4n) is 6.72. The number of piperazine rings is 1. The van der Waals surface area contributed by atoms with Crippen molar-refractivity contribution in [3.8, 4) is 11.1 Å². The van der Waals surface area contributed by atoms with Crippen LogP contribution in [0.5, 0.6) is 0 Å². The number of carbonyl (C=O) groups is 2. The molecule has 0 aliphatic carbocycles. The van der Waals surface area contributed by atoms with E-state index >= 15 is 13.2 Å². The highest BCUT2D eigenvalue weighted by Gasteiger charge is 2.40. The minimum atomic E-state index is -4.85. The fraction of sp³-hybridized carbons (Fsp3) is 0.405. The third-order valence-electron chi connectivity index (χ3n) is 8.83. The zero-order valence-electron chi connectivity index (χ0n) is 29.3. The summed E-state index contributed by atoms with van der Waals surface area (Å²) in [4.78, 5) is 47.8. The average Bonchev–Trinajstić information content (AvgIpc) is 3.25. The van der Waals surface area contributed by atoms with Gasteiger partial charge in [0.1, 0.15) is 23.8 Å². The summed E-state index contributed by atoms with van der Waals surface area (Å²) in [6.45, 7) is 9.10. The number of carbonyl (C=O) groups excluding carboxylic acids is 2. The number of benzene rings is 3. The molecule has 0 saturated carbocycles. The Bertz CT molecular complexity index is 2020. The number of alkyl halides is 3. The van der Waals surface area contributed by atoms with Crippen molar-refractivity contribution in [2.75, 3.05) is 23.7 Å². The number of alkyl carbamates (subject to hydrolysis) is 1. The predicted octanol–water partition coefficient (Wildman–Crippen LogP) is 7.46. The maximum absolute atomic E-state index is 15.1. The summed E-state index contributed by atoms with van der Waals surface area (Å²) >= 11 is 1.06. The van der Waals surface area contributed by atoms with Crippen LogP contribution in [0.25, 0.3) is 22.0 Å². The van der Waals surface area contributed by atoms with Crippen LogP contribution in [-0.2, 0) is 28.8 Å². The summed E-state index contributed by atoms with van der Waals surface area (Å²) in [5.41, 5.74) is -1.57. The van der Waals surface area contributed by atoms with Gasteiger partial charge in [-0.15, -0.1) is 11.8 Å². The Labute approximate surface area is 302 Å². The van der Waals surface area contributed by atoms with Crippen LogP contribution in [0.3, 0.4) is 0 Å². The first-order valence-electron chi connectivity index (χ1n) is 16.8. The second-order valence-corrected chi connectivity index (χ2v) is 15.1. The molecule has 52 heavy (non-hydrogen) atoms. The second-order valence-electron chi connectivity index (χ2n) is 14.1. The summed E-state index contributed by atoms with van der Waals surface area (Å²) < 4.78 is 71.6. The van der Waals surface area contributed by atoms with Crippen LogP contribution in [0.4, 0.5) is 33.0 Å². The highest BCUT2D eigenvalue weighted by Crippen LogP contribution is 2.48. The van der Waals surface area contributed by atoms with Gasteiger partial charge >= 0.3 is 24.1 Å². The number of ether oxygens (including phenoxy) is 2. The Kier molecular flexibility index (Phi) is 10.2. The van der Waals surface area contributed by atoms with Gasteiger partial charge in [-0.2, -0.15) is 18.2 Å². The van der Waals surface area contributed by atoms with Crippen molar-refractivity contribution >= 4 is 40.7 Å². The monoisotopic (exact) mass is 741 g/mol. The molecule has 0 spiro atoms. The molecule has 0 bridgehead atoms.